The number of aromatic nitrogens is 2. The number of rotatable bonds is 5. The molecule has 2 N–H and O–H groups in total. The first kappa shape index (κ1) is 19.5. The van der Waals surface area contributed by atoms with Gasteiger partial charge in [-0.15, -0.1) is 0 Å². The third-order valence-electron chi connectivity index (χ3n) is 5.17. The van der Waals surface area contributed by atoms with Gasteiger partial charge in [0.05, 0.1) is 17.6 Å². The van der Waals surface area contributed by atoms with Gasteiger partial charge >= 0.3 is 0 Å². The SMILES string of the molecule is Oc1ccc2ccccc2c1/C=N/Nc1nc(-c2ccccc2)cc(-c2ccccc2)n1. The minimum absolute atomic E-state index is 0.165. The second-order valence-corrected chi connectivity index (χ2v) is 7.28. The summed E-state index contributed by atoms with van der Waals surface area (Å²) in [4.78, 5) is 9.29. The second kappa shape index (κ2) is 8.70. The van der Waals surface area contributed by atoms with Crippen molar-refractivity contribution in [2.24, 2.45) is 5.10 Å². The van der Waals surface area contributed by atoms with Crippen LogP contribution in [0.4, 0.5) is 5.95 Å². The zero-order chi connectivity index (χ0) is 21.8. The Morgan fingerprint density at radius 1 is 0.688 bits per heavy atom. The van der Waals surface area contributed by atoms with Gasteiger partial charge in [0.25, 0.3) is 0 Å². The van der Waals surface area contributed by atoms with Crippen molar-refractivity contribution in [2.45, 2.75) is 0 Å². The standard InChI is InChI=1S/C27H20N4O/c32-26-16-15-19-9-7-8-14-22(19)23(26)18-28-31-27-29-24(20-10-3-1-4-11-20)17-25(30-27)21-12-5-2-6-13-21/h1-18,32H,(H,29,30,31)/b28-18+. The number of phenols is 1. The van der Waals surface area contributed by atoms with Gasteiger partial charge in [0.15, 0.2) is 0 Å². The molecule has 0 fully saturated rings. The summed E-state index contributed by atoms with van der Waals surface area (Å²) in [7, 11) is 0. The van der Waals surface area contributed by atoms with Gasteiger partial charge in [-0.2, -0.15) is 5.10 Å². The van der Waals surface area contributed by atoms with Crippen LogP contribution in [0.25, 0.3) is 33.3 Å². The van der Waals surface area contributed by atoms with Gasteiger partial charge in [-0.1, -0.05) is 91.0 Å². The first-order valence-electron chi connectivity index (χ1n) is 10.3. The van der Waals surface area contributed by atoms with E-state index in [1.165, 1.54) is 0 Å². The van der Waals surface area contributed by atoms with E-state index in [1.807, 2.05) is 97.1 Å². The Labute approximate surface area is 185 Å². The zero-order valence-corrected chi connectivity index (χ0v) is 17.2. The van der Waals surface area contributed by atoms with Crippen LogP contribution in [0.1, 0.15) is 5.56 Å². The molecule has 0 atom stereocenters. The van der Waals surface area contributed by atoms with Gasteiger partial charge < -0.3 is 5.11 Å². The molecular formula is C27H20N4O. The maximum Gasteiger partial charge on any atom is 0.244 e. The molecular weight excluding hydrogens is 396 g/mol. The van der Waals surface area contributed by atoms with Crippen molar-refractivity contribution in [3.05, 3.63) is 109 Å². The summed E-state index contributed by atoms with van der Waals surface area (Å²) in [5.74, 6) is 0.541. The number of fused-ring (bicyclic) bond motifs is 1. The second-order valence-electron chi connectivity index (χ2n) is 7.28. The van der Waals surface area contributed by atoms with E-state index < -0.39 is 0 Å². The van der Waals surface area contributed by atoms with Crippen LogP contribution in [0.3, 0.4) is 0 Å². The summed E-state index contributed by atoms with van der Waals surface area (Å²) in [6.07, 6.45) is 1.60. The van der Waals surface area contributed by atoms with Gasteiger partial charge in [-0.25, -0.2) is 15.4 Å². The molecule has 0 aliphatic rings. The molecule has 0 bridgehead atoms. The molecule has 1 aromatic heterocycles. The molecule has 5 aromatic rings. The Morgan fingerprint density at radius 3 is 1.94 bits per heavy atom. The number of hydrazone groups is 1. The molecule has 5 nitrogen and oxygen atoms in total. The van der Waals surface area contributed by atoms with Gasteiger partial charge in [0.2, 0.25) is 5.95 Å². The van der Waals surface area contributed by atoms with Crippen molar-refractivity contribution in [1.82, 2.24) is 9.97 Å². The fourth-order valence-corrected chi connectivity index (χ4v) is 3.59. The Balaban J connectivity index is 1.52. The average molecular weight is 416 g/mol. The van der Waals surface area contributed by atoms with E-state index in [1.54, 1.807) is 12.3 Å². The van der Waals surface area contributed by atoms with E-state index in [0.29, 0.717) is 11.5 Å². The molecule has 0 saturated carbocycles. The van der Waals surface area contributed by atoms with Crippen LogP contribution >= 0.6 is 0 Å². The van der Waals surface area contributed by atoms with E-state index in [-0.39, 0.29) is 5.75 Å². The zero-order valence-electron chi connectivity index (χ0n) is 17.2. The van der Waals surface area contributed by atoms with Crippen molar-refractivity contribution in [3.8, 4) is 28.3 Å². The number of hydrogen-bond donors (Lipinski definition) is 2. The van der Waals surface area contributed by atoms with Crippen LogP contribution in [0, 0.1) is 0 Å². The molecule has 0 aliphatic heterocycles. The fraction of sp³-hybridized carbons (Fsp3) is 0. The quantitative estimate of drug-likeness (QED) is 0.268. The Morgan fingerprint density at radius 2 is 1.28 bits per heavy atom. The van der Waals surface area contributed by atoms with E-state index >= 15 is 0 Å². The average Bonchev–Trinajstić information content (AvgIpc) is 2.86. The number of nitrogens with one attached hydrogen (secondary N) is 1. The fourth-order valence-electron chi connectivity index (χ4n) is 3.59. The molecule has 32 heavy (non-hydrogen) atoms. The Bertz CT molecular complexity index is 1340. The van der Waals surface area contributed by atoms with Crippen molar-refractivity contribution >= 4 is 22.9 Å². The highest BCUT2D eigenvalue weighted by atomic mass is 16.3. The van der Waals surface area contributed by atoms with Crippen LogP contribution in [0.15, 0.2) is 108 Å². The van der Waals surface area contributed by atoms with Crippen LogP contribution in [0.5, 0.6) is 5.75 Å². The maximum absolute atomic E-state index is 10.3. The number of hydrogen-bond acceptors (Lipinski definition) is 5. The molecule has 0 saturated heterocycles. The molecule has 5 rings (SSSR count). The topological polar surface area (TPSA) is 70.4 Å². The van der Waals surface area contributed by atoms with E-state index in [0.717, 1.165) is 33.3 Å². The molecule has 0 radical (unpaired) electrons. The van der Waals surface area contributed by atoms with Gasteiger partial charge in [0, 0.05) is 16.7 Å². The molecule has 154 valence electrons. The Hall–Kier alpha value is -4.51. The van der Waals surface area contributed by atoms with Gasteiger partial charge in [-0.05, 0) is 22.9 Å². The largest absolute Gasteiger partial charge is 0.507 e. The van der Waals surface area contributed by atoms with E-state index in [9.17, 15) is 5.11 Å². The Kier molecular flexibility index (Phi) is 5.29. The van der Waals surface area contributed by atoms with Crippen LogP contribution in [0.2, 0.25) is 0 Å². The summed E-state index contributed by atoms with van der Waals surface area (Å²) in [6.45, 7) is 0. The lowest BCUT2D eigenvalue weighted by Crippen LogP contribution is -2.00. The third-order valence-corrected chi connectivity index (χ3v) is 5.17. The van der Waals surface area contributed by atoms with Crippen molar-refractivity contribution < 1.29 is 5.11 Å². The molecule has 5 heteroatoms. The summed E-state index contributed by atoms with van der Waals surface area (Å²) in [5, 5.41) is 16.6. The monoisotopic (exact) mass is 416 g/mol. The summed E-state index contributed by atoms with van der Waals surface area (Å²) >= 11 is 0. The smallest absolute Gasteiger partial charge is 0.244 e. The van der Waals surface area contributed by atoms with Crippen molar-refractivity contribution in [3.63, 3.8) is 0 Å². The molecule has 1 heterocycles. The summed E-state index contributed by atoms with van der Waals surface area (Å²) in [6, 6.07) is 33.3. The number of anilines is 1. The first-order chi connectivity index (χ1) is 15.8. The highest BCUT2D eigenvalue weighted by molar-refractivity contribution is 6.02. The molecule has 0 spiro atoms. The van der Waals surface area contributed by atoms with Crippen molar-refractivity contribution in [1.29, 1.82) is 0 Å². The highest BCUT2D eigenvalue weighted by Crippen LogP contribution is 2.27. The minimum Gasteiger partial charge on any atom is -0.507 e. The minimum atomic E-state index is 0.165. The lowest BCUT2D eigenvalue weighted by atomic mass is 10.0. The predicted molar refractivity (Wildman–Crippen MR) is 130 cm³/mol. The summed E-state index contributed by atoms with van der Waals surface area (Å²) in [5.41, 5.74) is 7.15. The maximum atomic E-state index is 10.3. The van der Waals surface area contributed by atoms with Crippen molar-refractivity contribution in [2.75, 3.05) is 5.43 Å². The molecule has 0 aliphatic carbocycles. The summed E-state index contributed by atoms with van der Waals surface area (Å²) < 4.78 is 0. The van der Waals surface area contributed by atoms with Gasteiger partial charge in [0.1, 0.15) is 5.75 Å². The van der Waals surface area contributed by atoms with Crippen LogP contribution < -0.4 is 5.43 Å². The van der Waals surface area contributed by atoms with Crippen LogP contribution in [-0.2, 0) is 0 Å². The third kappa shape index (κ3) is 4.04. The van der Waals surface area contributed by atoms with Gasteiger partial charge in [-0.3, -0.25) is 0 Å². The highest BCUT2D eigenvalue weighted by Gasteiger charge is 2.09. The number of nitrogens with zero attached hydrogens (tertiary/aromatic N) is 3. The number of aromatic hydroxyl groups is 1. The van der Waals surface area contributed by atoms with E-state index in [2.05, 4.69) is 20.5 Å². The molecule has 0 amide bonds. The molecule has 0 unspecified atom stereocenters. The lowest BCUT2D eigenvalue weighted by Gasteiger charge is -2.09. The molecule has 4 aromatic carbocycles. The predicted octanol–water partition coefficient (Wildman–Crippen LogP) is 6.12. The lowest BCUT2D eigenvalue weighted by molar-refractivity contribution is 0.475. The van der Waals surface area contributed by atoms with E-state index in [4.69, 9.17) is 0 Å². The normalized spacial score (nSPS) is 11.1. The van der Waals surface area contributed by atoms with Crippen LogP contribution in [-0.4, -0.2) is 21.3 Å². The first-order valence-corrected chi connectivity index (χ1v) is 10.3. The number of benzene rings is 4. The number of phenolic OH excluding ortho intramolecular Hbond substituents is 1.